The maximum Gasteiger partial charge on any atom is 0.0376 e. The molecule has 1 heteroatoms. The molecule has 4 rings (SSSR count). The smallest absolute Gasteiger partial charge is 0.0376 e. The SMILES string of the molecule is C=C=CC(c1c(C)c(NCC2CC2)cc(C)c1-c1ccc2c(c1)CCC=C2)C(C)C(C)(C)C. The number of allylic oxidation sites excluding steroid dienone is 2. The van der Waals surface area contributed by atoms with Crippen molar-refractivity contribution in [2.45, 2.75) is 73.1 Å². The van der Waals surface area contributed by atoms with Crippen molar-refractivity contribution in [2.75, 3.05) is 11.9 Å². The van der Waals surface area contributed by atoms with Gasteiger partial charge in [0.25, 0.3) is 0 Å². The van der Waals surface area contributed by atoms with Crippen molar-refractivity contribution in [1.82, 2.24) is 0 Å². The Labute approximate surface area is 201 Å². The predicted molar refractivity (Wildman–Crippen MR) is 145 cm³/mol. The van der Waals surface area contributed by atoms with E-state index in [0.717, 1.165) is 25.3 Å². The van der Waals surface area contributed by atoms with Gasteiger partial charge >= 0.3 is 0 Å². The van der Waals surface area contributed by atoms with Gasteiger partial charge in [-0.05, 0) is 108 Å². The topological polar surface area (TPSA) is 12.0 Å². The molecular weight excluding hydrogens is 398 g/mol. The first-order valence-corrected chi connectivity index (χ1v) is 12.7. The fourth-order valence-corrected chi connectivity index (χ4v) is 5.23. The summed E-state index contributed by atoms with van der Waals surface area (Å²) >= 11 is 0. The van der Waals surface area contributed by atoms with Crippen LogP contribution in [-0.4, -0.2) is 6.54 Å². The summed E-state index contributed by atoms with van der Waals surface area (Å²) in [4.78, 5) is 0. The Bertz CT molecular complexity index is 1100. The van der Waals surface area contributed by atoms with Gasteiger partial charge in [-0.15, -0.1) is 5.73 Å². The highest BCUT2D eigenvalue weighted by Crippen LogP contribution is 2.46. The standard InChI is InChI=1S/C32H41N/c1-8-11-28(23(4)32(5,6)7)31-22(3)29(33-20-24-14-15-24)18-21(2)30(31)27-17-16-25-12-9-10-13-26(25)19-27/h9,11-12,16-19,23-24,28,33H,1,10,13-15,20H2,2-7H3. The van der Waals surface area contributed by atoms with E-state index in [2.05, 4.69) is 102 Å². The monoisotopic (exact) mass is 439 g/mol. The summed E-state index contributed by atoms with van der Waals surface area (Å²) < 4.78 is 0. The maximum atomic E-state index is 3.99. The zero-order chi connectivity index (χ0) is 23.8. The van der Waals surface area contributed by atoms with Crippen LogP contribution in [0, 0.1) is 31.1 Å². The highest BCUT2D eigenvalue weighted by Gasteiger charge is 2.32. The summed E-state index contributed by atoms with van der Waals surface area (Å²) in [7, 11) is 0. The first kappa shape index (κ1) is 23.7. The van der Waals surface area contributed by atoms with Crippen molar-refractivity contribution in [1.29, 1.82) is 0 Å². The molecule has 33 heavy (non-hydrogen) atoms. The van der Waals surface area contributed by atoms with Crippen LogP contribution in [0.3, 0.4) is 0 Å². The van der Waals surface area contributed by atoms with Gasteiger partial charge < -0.3 is 5.32 Å². The normalized spacial score (nSPS) is 17.2. The largest absolute Gasteiger partial charge is 0.385 e. The van der Waals surface area contributed by atoms with Gasteiger partial charge in [-0.2, -0.15) is 0 Å². The molecule has 0 radical (unpaired) electrons. The molecule has 0 bridgehead atoms. The van der Waals surface area contributed by atoms with Gasteiger partial charge in [-0.1, -0.05) is 64.6 Å². The number of anilines is 1. The number of rotatable bonds is 7. The maximum absolute atomic E-state index is 3.99. The number of aryl methyl sites for hydroxylation is 2. The number of hydrogen-bond acceptors (Lipinski definition) is 1. The molecule has 0 aliphatic heterocycles. The predicted octanol–water partition coefficient (Wildman–Crippen LogP) is 8.86. The molecule has 1 nitrogen and oxygen atoms in total. The van der Waals surface area contributed by atoms with E-state index >= 15 is 0 Å². The molecule has 1 saturated carbocycles. The van der Waals surface area contributed by atoms with Gasteiger partial charge in [0, 0.05) is 18.2 Å². The summed E-state index contributed by atoms with van der Waals surface area (Å²) in [5.41, 5.74) is 14.4. The first-order valence-electron chi connectivity index (χ1n) is 12.7. The molecule has 2 aromatic carbocycles. The fraction of sp³-hybridized carbons (Fsp3) is 0.469. The molecule has 0 amide bonds. The molecule has 1 fully saturated rings. The number of hydrogen-bond donors (Lipinski definition) is 1. The van der Waals surface area contributed by atoms with Crippen LogP contribution >= 0.6 is 0 Å². The Morgan fingerprint density at radius 1 is 1.18 bits per heavy atom. The van der Waals surface area contributed by atoms with Crippen LogP contribution in [0.5, 0.6) is 0 Å². The van der Waals surface area contributed by atoms with E-state index in [4.69, 9.17) is 0 Å². The van der Waals surface area contributed by atoms with Gasteiger partial charge in [0.1, 0.15) is 0 Å². The average Bonchev–Trinajstić information content (AvgIpc) is 3.61. The van der Waals surface area contributed by atoms with E-state index in [1.165, 1.54) is 57.5 Å². The van der Waals surface area contributed by atoms with Crippen LogP contribution in [0.2, 0.25) is 0 Å². The lowest BCUT2D eigenvalue weighted by atomic mass is 9.69. The van der Waals surface area contributed by atoms with E-state index in [0.29, 0.717) is 5.92 Å². The van der Waals surface area contributed by atoms with Crippen LogP contribution in [0.25, 0.3) is 17.2 Å². The molecule has 0 aromatic heterocycles. The number of benzene rings is 2. The zero-order valence-electron chi connectivity index (χ0n) is 21.5. The lowest BCUT2D eigenvalue weighted by Gasteiger charge is -2.36. The van der Waals surface area contributed by atoms with Gasteiger partial charge in [0.05, 0.1) is 0 Å². The second-order valence-corrected chi connectivity index (χ2v) is 11.4. The van der Waals surface area contributed by atoms with Crippen molar-refractivity contribution in [2.24, 2.45) is 17.3 Å². The van der Waals surface area contributed by atoms with Crippen molar-refractivity contribution in [3.63, 3.8) is 0 Å². The van der Waals surface area contributed by atoms with E-state index in [1.54, 1.807) is 0 Å². The second-order valence-electron chi connectivity index (χ2n) is 11.4. The third kappa shape index (κ3) is 5.04. The van der Waals surface area contributed by atoms with Crippen LogP contribution in [0.4, 0.5) is 5.69 Å². The molecule has 0 saturated heterocycles. The molecule has 0 spiro atoms. The molecule has 0 heterocycles. The van der Waals surface area contributed by atoms with Gasteiger partial charge in [0.15, 0.2) is 0 Å². The van der Waals surface area contributed by atoms with Crippen molar-refractivity contribution < 1.29 is 0 Å². The highest BCUT2D eigenvalue weighted by molar-refractivity contribution is 5.79. The Kier molecular flexibility index (Phi) is 6.73. The Hall–Kier alpha value is -2.50. The Balaban J connectivity index is 1.92. The zero-order valence-corrected chi connectivity index (χ0v) is 21.5. The molecule has 1 N–H and O–H groups in total. The van der Waals surface area contributed by atoms with E-state index in [-0.39, 0.29) is 11.3 Å². The highest BCUT2D eigenvalue weighted by atomic mass is 14.9. The quantitative estimate of drug-likeness (QED) is 0.425. The van der Waals surface area contributed by atoms with E-state index < -0.39 is 0 Å². The van der Waals surface area contributed by atoms with Gasteiger partial charge in [-0.25, -0.2) is 0 Å². The van der Waals surface area contributed by atoms with E-state index in [1.807, 2.05) is 0 Å². The fourth-order valence-electron chi connectivity index (χ4n) is 5.23. The van der Waals surface area contributed by atoms with Gasteiger partial charge in [0.2, 0.25) is 0 Å². The molecule has 2 aromatic rings. The lowest BCUT2D eigenvalue weighted by Crippen LogP contribution is -2.25. The first-order chi connectivity index (χ1) is 15.7. The van der Waals surface area contributed by atoms with Crippen LogP contribution in [-0.2, 0) is 6.42 Å². The minimum atomic E-state index is 0.174. The summed E-state index contributed by atoms with van der Waals surface area (Å²) in [5.74, 6) is 1.55. The lowest BCUT2D eigenvalue weighted by molar-refractivity contribution is 0.241. The second kappa shape index (κ2) is 9.40. The summed E-state index contributed by atoms with van der Waals surface area (Å²) in [6.45, 7) is 19.1. The molecule has 174 valence electrons. The summed E-state index contributed by atoms with van der Waals surface area (Å²) in [6, 6.07) is 9.46. The third-order valence-electron chi connectivity index (χ3n) is 7.96. The van der Waals surface area contributed by atoms with Crippen LogP contribution in [0.1, 0.15) is 80.7 Å². The minimum Gasteiger partial charge on any atom is -0.385 e. The average molecular weight is 440 g/mol. The molecule has 2 aliphatic rings. The molecule has 2 atom stereocenters. The van der Waals surface area contributed by atoms with Gasteiger partial charge in [-0.3, -0.25) is 0 Å². The van der Waals surface area contributed by atoms with Crippen LogP contribution < -0.4 is 5.32 Å². The molecule has 2 aliphatic carbocycles. The van der Waals surface area contributed by atoms with Crippen LogP contribution in [0.15, 0.2) is 48.7 Å². The Morgan fingerprint density at radius 3 is 2.61 bits per heavy atom. The van der Waals surface area contributed by atoms with Crippen molar-refractivity contribution >= 4 is 11.8 Å². The van der Waals surface area contributed by atoms with E-state index in [9.17, 15) is 0 Å². The number of fused-ring (bicyclic) bond motifs is 1. The summed E-state index contributed by atoms with van der Waals surface area (Å²) in [6.07, 6.45) is 11.8. The van der Waals surface area contributed by atoms with Crippen molar-refractivity contribution in [3.8, 4) is 11.1 Å². The van der Waals surface area contributed by atoms with Crippen molar-refractivity contribution in [3.05, 3.63) is 76.5 Å². The Morgan fingerprint density at radius 2 is 1.94 bits per heavy atom. The summed E-state index contributed by atoms with van der Waals surface area (Å²) in [5, 5.41) is 3.80. The third-order valence-corrected chi connectivity index (χ3v) is 7.96. The molecular formula is C32H41N. The molecule has 2 unspecified atom stereocenters. The number of nitrogens with one attached hydrogen (secondary N) is 1. The minimum absolute atomic E-state index is 0.174.